The van der Waals surface area contributed by atoms with Crippen LogP contribution in [0.25, 0.3) is 0 Å². The lowest BCUT2D eigenvalue weighted by Crippen LogP contribution is -2.36. The van der Waals surface area contributed by atoms with E-state index < -0.39 is 0 Å². The second-order valence-corrected chi connectivity index (χ2v) is 5.79. The van der Waals surface area contributed by atoms with Gasteiger partial charge in [0.1, 0.15) is 11.6 Å². The van der Waals surface area contributed by atoms with Crippen molar-refractivity contribution in [3.8, 4) is 11.6 Å². The van der Waals surface area contributed by atoms with Crippen molar-refractivity contribution < 1.29 is 9.13 Å². The van der Waals surface area contributed by atoms with Gasteiger partial charge >= 0.3 is 0 Å². The Morgan fingerprint density at radius 3 is 2.46 bits per heavy atom. The van der Waals surface area contributed by atoms with Crippen molar-refractivity contribution in [1.29, 1.82) is 0 Å². The Morgan fingerprint density at radius 1 is 1.11 bits per heavy atom. The van der Waals surface area contributed by atoms with Gasteiger partial charge in [0.25, 0.3) is 0 Å². The normalized spacial score (nSPS) is 10.9. The molecule has 0 aliphatic heterocycles. The molecule has 0 radical (unpaired) electrons. The fourth-order valence-corrected chi connectivity index (χ4v) is 2.35. The Hall–Kier alpha value is -2.69. The van der Waals surface area contributed by atoms with Crippen molar-refractivity contribution in [3.63, 3.8) is 0 Å². The third-order valence-corrected chi connectivity index (χ3v) is 3.88. The van der Waals surface area contributed by atoms with E-state index in [0.29, 0.717) is 30.7 Å². The van der Waals surface area contributed by atoms with Crippen molar-refractivity contribution in [2.45, 2.75) is 13.1 Å². The molecule has 2 heterocycles. The van der Waals surface area contributed by atoms with Gasteiger partial charge in [-0.1, -0.05) is 6.07 Å². The van der Waals surface area contributed by atoms with Gasteiger partial charge in [0.05, 0.1) is 12.2 Å². The van der Waals surface area contributed by atoms with E-state index in [1.54, 1.807) is 37.6 Å². The zero-order valence-corrected chi connectivity index (χ0v) is 17.9. The Labute approximate surface area is 180 Å². The van der Waals surface area contributed by atoms with Crippen LogP contribution >= 0.6 is 24.0 Å². The van der Waals surface area contributed by atoms with Crippen LogP contribution < -0.4 is 15.4 Å². The van der Waals surface area contributed by atoms with Gasteiger partial charge in [-0.15, -0.1) is 24.0 Å². The molecule has 0 atom stereocenters. The van der Waals surface area contributed by atoms with Crippen LogP contribution in [0.15, 0.2) is 59.9 Å². The first-order chi connectivity index (χ1) is 13.1. The lowest BCUT2D eigenvalue weighted by molar-refractivity contribution is 0.461. The first-order valence-corrected chi connectivity index (χ1v) is 8.44. The molecule has 0 saturated heterocycles. The SMILES string of the molecule is CN=C(NCc1ccc(Oc2ccc(F)cc2)nc1)NCc1ccnn1C.I. The van der Waals surface area contributed by atoms with E-state index in [1.165, 1.54) is 12.1 Å². The van der Waals surface area contributed by atoms with Crippen LogP contribution in [0, 0.1) is 5.82 Å². The number of aryl methyl sites for hydroxylation is 1. The summed E-state index contributed by atoms with van der Waals surface area (Å²) in [5.41, 5.74) is 2.03. The van der Waals surface area contributed by atoms with E-state index in [4.69, 9.17) is 4.74 Å². The molecule has 9 heteroatoms. The number of hydrogen-bond donors (Lipinski definition) is 2. The van der Waals surface area contributed by atoms with Crippen LogP contribution in [0.5, 0.6) is 11.6 Å². The van der Waals surface area contributed by atoms with Crippen LogP contribution in [-0.4, -0.2) is 27.8 Å². The highest BCUT2D eigenvalue weighted by atomic mass is 127. The summed E-state index contributed by atoms with van der Waals surface area (Å²) in [7, 11) is 3.62. The van der Waals surface area contributed by atoms with E-state index in [-0.39, 0.29) is 29.8 Å². The summed E-state index contributed by atoms with van der Waals surface area (Å²) in [5.74, 6) is 1.36. The van der Waals surface area contributed by atoms with Gasteiger partial charge in [-0.05, 0) is 35.9 Å². The average molecular weight is 496 g/mol. The highest BCUT2D eigenvalue weighted by Crippen LogP contribution is 2.19. The number of aliphatic imine (C=N–C) groups is 1. The summed E-state index contributed by atoms with van der Waals surface area (Å²) in [4.78, 5) is 8.47. The summed E-state index contributed by atoms with van der Waals surface area (Å²) < 4.78 is 20.3. The fourth-order valence-electron chi connectivity index (χ4n) is 2.35. The lowest BCUT2D eigenvalue weighted by Gasteiger charge is -2.12. The van der Waals surface area contributed by atoms with Gasteiger partial charge in [0.2, 0.25) is 5.88 Å². The summed E-state index contributed by atoms with van der Waals surface area (Å²) in [6, 6.07) is 11.4. The largest absolute Gasteiger partial charge is 0.439 e. The van der Waals surface area contributed by atoms with Gasteiger partial charge in [-0.25, -0.2) is 9.37 Å². The fraction of sp³-hybridized carbons (Fsp3) is 0.211. The van der Waals surface area contributed by atoms with Crippen molar-refractivity contribution in [3.05, 3.63) is 71.9 Å². The van der Waals surface area contributed by atoms with E-state index in [9.17, 15) is 4.39 Å². The molecular weight excluding hydrogens is 474 g/mol. The molecule has 0 aliphatic carbocycles. The van der Waals surface area contributed by atoms with Gasteiger partial charge in [0, 0.05) is 39.1 Å². The molecule has 0 spiro atoms. The first kappa shape index (κ1) is 21.6. The number of nitrogens with zero attached hydrogens (tertiary/aromatic N) is 4. The van der Waals surface area contributed by atoms with Gasteiger partial charge in [0.15, 0.2) is 5.96 Å². The van der Waals surface area contributed by atoms with E-state index >= 15 is 0 Å². The number of guanidine groups is 1. The lowest BCUT2D eigenvalue weighted by atomic mass is 10.3. The Balaban J connectivity index is 0.00000280. The Kier molecular flexibility index (Phi) is 8.18. The minimum atomic E-state index is -0.304. The smallest absolute Gasteiger partial charge is 0.219 e. The number of benzene rings is 1. The first-order valence-electron chi connectivity index (χ1n) is 8.44. The molecule has 28 heavy (non-hydrogen) atoms. The number of nitrogens with one attached hydrogen (secondary N) is 2. The molecule has 148 valence electrons. The third kappa shape index (κ3) is 6.19. The third-order valence-electron chi connectivity index (χ3n) is 3.88. The molecule has 3 rings (SSSR count). The summed E-state index contributed by atoms with van der Waals surface area (Å²) in [6.07, 6.45) is 3.48. The maximum atomic E-state index is 12.9. The molecule has 0 unspecified atom stereocenters. The molecule has 0 bridgehead atoms. The second kappa shape index (κ2) is 10.6. The second-order valence-electron chi connectivity index (χ2n) is 5.79. The monoisotopic (exact) mass is 496 g/mol. The van der Waals surface area contributed by atoms with E-state index in [1.807, 2.05) is 23.9 Å². The van der Waals surface area contributed by atoms with Crippen LogP contribution in [0.1, 0.15) is 11.3 Å². The average Bonchev–Trinajstić information content (AvgIpc) is 3.10. The Morgan fingerprint density at radius 2 is 1.86 bits per heavy atom. The summed E-state index contributed by atoms with van der Waals surface area (Å²) in [5, 5.41) is 10.6. The summed E-state index contributed by atoms with van der Waals surface area (Å²) >= 11 is 0. The zero-order valence-electron chi connectivity index (χ0n) is 15.6. The number of hydrogen-bond acceptors (Lipinski definition) is 4. The van der Waals surface area contributed by atoms with Crippen LogP contribution in [-0.2, 0) is 20.1 Å². The summed E-state index contributed by atoms with van der Waals surface area (Å²) in [6.45, 7) is 1.19. The highest BCUT2D eigenvalue weighted by molar-refractivity contribution is 14.0. The highest BCUT2D eigenvalue weighted by Gasteiger charge is 2.03. The van der Waals surface area contributed by atoms with Crippen LogP contribution in [0.2, 0.25) is 0 Å². The minimum absolute atomic E-state index is 0. The number of pyridine rings is 1. The molecule has 3 aromatic rings. The molecule has 0 amide bonds. The predicted octanol–water partition coefficient (Wildman–Crippen LogP) is 3.23. The quantitative estimate of drug-likeness (QED) is 0.312. The molecule has 0 aliphatic rings. The van der Waals surface area contributed by atoms with Crippen molar-refractivity contribution >= 4 is 29.9 Å². The van der Waals surface area contributed by atoms with Gasteiger partial charge in [-0.2, -0.15) is 5.10 Å². The van der Waals surface area contributed by atoms with Crippen LogP contribution in [0.4, 0.5) is 4.39 Å². The van der Waals surface area contributed by atoms with Crippen molar-refractivity contribution in [1.82, 2.24) is 25.4 Å². The molecular formula is C19H22FIN6O. The van der Waals surface area contributed by atoms with Gasteiger partial charge < -0.3 is 15.4 Å². The molecule has 0 saturated carbocycles. The van der Waals surface area contributed by atoms with E-state index in [2.05, 4.69) is 25.7 Å². The number of aromatic nitrogens is 3. The zero-order chi connectivity index (χ0) is 19.1. The molecule has 2 aromatic heterocycles. The maximum Gasteiger partial charge on any atom is 0.219 e. The van der Waals surface area contributed by atoms with Crippen molar-refractivity contribution in [2.24, 2.45) is 12.0 Å². The predicted molar refractivity (Wildman–Crippen MR) is 116 cm³/mol. The molecule has 2 N–H and O–H groups in total. The molecule has 1 aromatic carbocycles. The number of rotatable bonds is 6. The maximum absolute atomic E-state index is 12.9. The topological polar surface area (TPSA) is 76.4 Å². The Bertz CT molecular complexity index is 896. The number of halogens is 2. The standard InChI is InChI=1S/C19H21FN6O.HI/c1-21-19(24-13-16-9-10-25-26(16)2)23-12-14-3-8-18(22-11-14)27-17-6-4-15(20)5-7-17;/h3-11H,12-13H2,1-2H3,(H2,21,23,24);1H. The minimum Gasteiger partial charge on any atom is -0.439 e. The van der Waals surface area contributed by atoms with Crippen LogP contribution in [0.3, 0.4) is 0 Å². The van der Waals surface area contributed by atoms with Gasteiger partial charge in [-0.3, -0.25) is 9.67 Å². The van der Waals surface area contributed by atoms with Crippen molar-refractivity contribution in [2.75, 3.05) is 7.05 Å². The molecule has 7 nitrogen and oxygen atoms in total. The van der Waals surface area contributed by atoms with E-state index in [0.717, 1.165) is 11.3 Å². The number of ether oxygens (including phenoxy) is 1. The molecule has 0 fully saturated rings.